The van der Waals surface area contributed by atoms with Gasteiger partial charge in [-0.3, -0.25) is 9.36 Å². The van der Waals surface area contributed by atoms with E-state index >= 15 is 0 Å². The van der Waals surface area contributed by atoms with Crippen LogP contribution in [-0.2, 0) is 4.74 Å². The Kier molecular flexibility index (Phi) is 3.36. The number of esters is 1. The lowest BCUT2D eigenvalue weighted by atomic mass is 10.2. The zero-order chi connectivity index (χ0) is 15.1. The van der Waals surface area contributed by atoms with Crippen LogP contribution in [0.3, 0.4) is 0 Å². The lowest BCUT2D eigenvalue weighted by Gasteiger charge is -2.11. The lowest BCUT2D eigenvalue weighted by Crippen LogP contribution is -2.17. The molecule has 0 bridgehead atoms. The van der Waals surface area contributed by atoms with Crippen molar-refractivity contribution in [3.05, 3.63) is 22.3 Å². The van der Waals surface area contributed by atoms with Crippen LogP contribution in [0.4, 0.5) is 0 Å². The summed E-state index contributed by atoms with van der Waals surface area (Å²) in [6.45, 7) is 0.230. The number of halogens is 1. The van der Waals surface area contributed by atoms with Gasteiger partial charge in [0.2, 0.25) is 5.91 Å². The Morgan fingerprint density at radius 1 is 1.38 bits per heavy atom. The van der Waals surface area contributed by atoms with E-state index < -0.39 is 5.97 Å². The van der Waals surface area contributed by atoms with E-state index in [0.717, 1.165) is 0 Å². The SMILES string of the molecule is COC(=O)c1cc2c(Br)cc(OC)c3c2n1C(=O)CCO3. The summed E-state index contributed by atoms with van der Waals surface area (Å²) in [5, 5.41) is 0.696. The van der Waals surface area contributed by atoms with Gasteiger partial charge in [0.25, 0.3) is 0 Å². The number of nitrogens with zero attached hydrogens (tertiary/aromatic N) is 1. The standard InChI is InChI=1S/C14H12BrNO5/c1-19-10-6-8(15)7-5-9(14(18)20-2)16-11(17)3-4-21-13(10)12(7)16/h5-6H,3-4H2,1-2H3. The van der Waals surface area contributed by atoms with E-state index in [-0.39, 0.29) is 24.6 Å². The van der Waals surface area contributed by atoms with Gasteiger partial charge in [-0.15, -0.1) is 0 Å². The van der Waals surface area contributed by atoms with Gasteiger partial charge in [-0.1, -0.05) is 0 Å². The first-order chi connectivity index (χ1) is 10.1. The fourth-order valence-corrected chi connectivity index (χ4v) is 2.96. The molecule has 21 heavy (non-hydrogen) atoms. The number of carbonyl (C=O) groups excluding carboxylic acids is 2. The van der Waals surface area contributed by atoms with Gasteiger partial charge in [-0.05, 0) is 28.1 Å². The van der Waals surface area contributed by atoms with Gasteiger partial charge >= 0.3 is 5.97 Å². The third kappa shape index (κ3) is 1.99. The molecule has 2 aromatic rings. The Labute approximate surface area is 128 Å². The third-order valence-corrected chi connectivity index (χ3v) is 4.04. The number of aromatic nitrogens is 1. The molecule has 7 heteroatoms. The summed E-state index contributed by atoms with van der Waals surface area (Å²) in [6.07, 6.45) is 0.170. The molecular weight excluding hydrogens is 342 g/mol. The molecule has 0 atom stereocenters. The number of ether oxygens (including phenoxy) is 3. The zero-order valence-corrected chi connectivity index (χ0v) is 13.0. The van der Waals surface area contributed by atoms with E-state index in [2.05, 4.69) is 15.9 Å². The fourth-order valence-electron chi connectivity index (χ4n) is 2.45. The molecule has 0 aliphatic carbocycles. The molecule has 110 valence electrons. The number of carbonyl (C=O) groups is 2. The second-order valence-corrected chi connectivity index (χ2v) is 5.36. The van der Waals surface area contributed by atoms with Crippen molar-refractivity contribution < 1.29 is 23.8 Å². The monoisotopic (exact) mass is 353 g/mol. The molecule has 2 heterocycles. The van der Waals surface area contributed by atoms with Crippen LogP contribution in [-0.4, -0.2) is 37.3 Å². The highest BCUT2D eigenvalue weighted by molar-refractivity contribution is 9.10. The number of methoxy groups -OCH3 is 2. The van der Waals surface area contributed by atoms with Gasteiger partial charge in [0.15, 0.2) is 11.5 Å². The van der Waals surface area contributed by atoms with Crippen molar-refractivity contribution in [3.63, 3.8) is 0 Å². The maximum absolute atomic E-state index is 12.3. The summed E-state index contributed by atoms with van der Waals surface area (Å²) < 4.78 is 17.8. The first kappa shape index (κ1) is 13.9. The van der Waals surface area contributed by atoms with Crippen LogP contribution in [0.2, 0.25) is 0 Å². The highest BCUT2D eigenvalue weighted by atomic mass is 79.9. The molecule has 0 N–H and O–H groups in total. The van der Waals surface area contributed by atoms with Crippen molar-refractivity contribution in [2.24, 2.45) is 0 Å². The predicted octanol–water partition coefficient (Wildman–Crippen LogP) is 2.62. The minimum Gasteiger partial charge on any atom is -0.493 e. The van der Waals surface area contributed by atoms with E-state index in [9.17, 15) is 9.59 Å². The van der Waals surface area contributed by atoms with Crippen molar-refractivity contribution in [2.45, 2.75) is 6.42 Å². The van der Waals surface area contributed by atoms with Gasteiger partial charge in [-0.25, -0.2) is 4.79 Å². The first-order valence-electron chi connectivity index (χ1n) is 6.24. The molecule has 0 unspecified atom stereocenters. The van der Waals surface area contributed by atoms with Crippen molar-refractivity contribution in [1.82, 2.24) is 4.57 Å². The summed E-state index contributed by atoms with van der Waals surface area (Å²) in [7, 11) is 2.80. The number of hydrogen-bond donors (Lipinski definition) is 0. The maximum atomic E-state index is 12.3. The Balaban J connectivity index is 2.46. The molecule has 3 rings (SSSR count). The van der Waals surface area contributed by atoms with Crippen LogP contribution >= 0.6 is 15.9 Å². The number of benzene rings is 1. The Bertz CT molecular complexity index is 765. The van der Waals surface area contributed by atoms with Crippen LogP contribution in [0.5, 0.6) is 11.5 Å². The van der Waals surface area contributed by atoms with E-state index in [1.165, 1.54) is 18.8 Å². The second-order valence-electron chi connectivity index (χ2n) is 4.50. The molecule has 1 aromatic carbocycles. The maximum Gasteiger partial charge on any atom is 0.355 e. The predicted molar refractivity (Wildman–Crippen MR) is 78.3 cm³/mol. The van der Waals surface area contributed by atoms with Crippen LogP contribution in [0.15, 0.2) is 16.6 Å². The molecule has 0 radical (unpaired) electrons. The van der Waals surface area contributed by atoms with Gasteiger partial charge in [0.1, 0.15) is 11.2 Å². The molecule has 0 fully saturated rings. The summed E-state index contributed by atoms with van der Waals surface area (Å²) in [6, 6.07) is 3.36. The highest BCUT2D eigenvalue weighted by Gasteiger charge is 2.28. The van der Waals surface area contributed by atoms with Gasteiger partial charge in [0.05, 0.1) is 27.2 Å². The lowest BCUT2D eigenvalue weighted by molar-refractivity contribution is 0.0581. The minimum absolute atomic E-state index is 0.170. The average Bonchev–Trinajstić information content (AvgIpc) is 2.81. The summed E-state index contributed by atoms with van der Waals surface area (Å²) >= 11 is 3.43. The van der Waals surface area contributed by atoms with Crippen molar-refractivity contribution in [2.75, 3.05) is 20.8 Å². The molecule has 0 saturated carbocycles. The quantitative estimate of drug-likeness (QED) is 0.776. The zero-order valence-electron chi connectivity index (χ0n) is 11.4. The van der Waals surface area contributed by atoms with Crippen molar-refractivity contribution in [1.29, 1.82) is 0 Å². The van der Waals surface area contributed by atoms with Crippen LogP contribution < -0.4 is 9.47 Å². The fraction of sp³-hybridized carbons (Fsp3) is 0.286. The van der Waals surface area contributed by atoms with Gasteiger partial charge in [-0.2, -0.15) is 0 Å². The Morgan fingerprint density at radius 3 is 2.81 bits per heavy atom. The van der Waals surface area contributed by atoms with Crippen molar-refractivity contribution >= 4 is 38.7 Å². The number of hydrogen-bond acceptors (Lipinski definition) is 5. The molecular formula is C14H12BrNO5. The van der Waals surface area contributed by atoms with E-state index in [1.54, 1.807) is 12.1 Å². The molecule has 1 aromatic heterocycles. The highest BCUT2D eigenvalue weighted by Crippen LogP contribution is 2.43. The van der Waals surface area contributed by atoms with Gasteiger partial charge < -0.3 is 14.2 Å². The molecule has 0 saturated heterocycles. The van der Waals surface area contributed by atoms with Crippen LogP contribution in [0.1, 0.15) is 21.7 Å². The normalized spacial score (nSPS) is 13.8. The molecule has 0 amide bonds. The topological polar surface area (TPSA) is 66.8 Å². The van der Waals surface area contributed by atoms with Crippen LogP contribution in [0.25, 0.3) is 10.9 Å². The van der Waals surface area contributed by atoms with Crippen molar-refractivity contribution in [3.8, 4) is 11.5 Å². The smallest absolute Gasteiger partial charge is 0.355 e. The third-order valence-electron chi connectivity index (χ3n) is 3.38. The molecule has 0 spiro atoms. The minimum atomic E-state index is -0.571. The largest absolute Gasteiger partial charge is 0.493 e. The van der Waals surface area contributed by atoms with E-state index in [1.807, 2.05) is 0 Å². The van der Waals surface area contributed by atoms with E-state index in [0.29, 0.717) is 26.9 Å². The summed E-state index contributed by atoms with van der Waals surface area (Å²) in [4.78, 5) is 24.3. The number of rotatable bonds is 2. The van der Waals surface area contributed by atoms with Gasteiger partial charge in [0, 0.05) is 9.86 Å². The molecule has 1 aliphatic heterocycles. The molecule has 1 aliphatic rings. The summed E-state index contributed by atoms with van der Waals surface area (Å²) in [5.74, 6) is 0.166. The Morgan fingerprint density at radius 2 is 2.14 bits per heavy atom. The Hall–Kier alpha value is -2.02. The molecule has 6 nitrogen and oxygen atoms in total. The first-order valence-corrected chi connectivity index (χ1v) is 7.04. The van der Waals surface area contributed by atoms with Crippen LogP contribution in [0, 0.1) is 0 Å². The summed E-state index contributed by atoms with van der Waals surface area (Å²) in [5.41, 5.74) is 0.697. The average molecular weight is 354 g/mol. The van der Waals surface area contributed by atoms with E-state index in [4.69, 9.17) is 14.2 Å². The second kappa shape index (κ2) is 5.07.